The summed E-state index contributed by atoms with van der Waals surface area (Å²) in [6, 6.07) is 7.21. The predicted molar refractivity (Wildman–Crippen MR) is 107 cm³/mol. The minimum absolute atomic E-state index is 0.0113. The monoisotopic (exact) mass is 433 g/mol. The summed E-state index contributed by atoms with van der Waals surface area (Å²) in [5.74, 6) is -0.976. The van der Waals surface area contributed by atoms with E-state index in [2.05, 4.69) is 15.6 Å². The van der Waals surface area contributed by atoms with Crippen molar-refractivity contribution in [3.8, 4) is 5.75 Å². The lowest BCUT2D eigenvalue weighted by Crippen LogP contribution is -2.65. The molecule has 1 heterocycles. The number of fused-ring (bicyclic) bond motifs is 1. The first kappa shape index (κ1) is 20.6. The van der Waals surface area contributed by atoms with Gasteiger partial charge in [-0.05, 0) is 55.5 Å². The molecule has 3 aliphatic carbocycles. The van der Waals surface area contributed by atoms with Gasteiger partial charge in [0, 0.05) is 23.3 Å². The maximum absolute atomic E-state index is 13.4. The van der Waals surface area contributed by atoms with Crippen LogP contribution in [0.15, 0.2) is 36.5 Å². The number of nitrogens with one attached hydrogen (secondary N) is 2. The van der Waals surface area contributed by atoms with Crippen molar-refractivity contribution in [2.24, 2.45) is 0 Å². The maximum atomic E-state index is 13.4. The molecule has 0 unspecified atom stereocenters. The Labute approximate surface area is 177 Å². The Morgan fingerprint density at radius 1 is 1.17 bits per heavy atom. The Hall–Kier alpha value is -2.71. The Bertz CT molecular complexity index is 994. The van der Waals surface area contributed by atoms with Crippen molar-refractivity contribution in [3.05, 3.63) is 58.6 Å². The number of ether oxygens (including phenoxy) is 1. The molecule has 3 N–H and O–H groups in total. The number of carbonyl (C=O) groups is 2. The number of halogens is 2. The molecule has 1 aromatic heterocycles. The molecule has 0 atom stereocenters. The van der Waals surface area contributed by atoms with E-state index in [1.54, 1.807) is 12.1 Å². The molecule has 0 saturated heterocycles. The van der Waals surface area contributed by atoms with Crippen LogP contribution in [-0.2, 0) is 11.4 Å². The van der Waals surface area contributed by atoms with Crippen molar-refractivity contribution in [2.45, 2.75) is 43.4 Å². The third-order valence-corrected chi connectivity index (χ3v) is 6.03. The van der Waals surface area contributed by atoms with E-state index in [1.807, 2.05) is 0 Å². The summed E-state index contributed by atoms with van der Waals surface area (Å²) in [6.45, 7) is -0.395. The van der Waals surface area contributed by atoms with Gasteiger partial charge in [-0.25, -0.2) is 4.39 Å². The van der Waals surface area contributed by atoms with Gasteiger partial charge in [0.2, 0.25) is 0 Å². The van der Waals surface area contributed by atoms with Gasteiger partial charge in [-0.15, -0.1) is 0 Å². The summed E-state index contributed by atoms with van der Waals surface area (Å²) in [6.07, 6.45) is 4.25. The van der Waals surface area contributed by atoms with Gasteiger partial charge in [0.05, 0.1) is 11.6 Å². The van der Waals surface area contributed by atoms with Crippen LogP contribution in [0.5, 0.6) is 5.75 Å². The highest BCUT2D eigenvalue weighted by Crippen LogP contribution is 2.55. The topological polar surface area (TPSA) is 101 Å². The van der Waals surface area contributed by atoms with E-state index >= 15 is 0 Å². The van der Waals surface area contributed by atoms with Crippen LogP contribution < -0.4 is 15.4 Å². The van der Waals surface area contributed by atoms with Gasteiger partial charge >= 0.3 is 0 Å². The van der Waals surface area contributed by atoms with Crippen LogP contribution in [0, 0.1) is 5.82 Å². The molecule has 9 heteroatoms. The summed E-state index contributed by atoms with van der Waals surface area (Å²) in [5, 5.41) is 15.2. The molecule has 1 aromatic carbocycles. The smallest absolute Gasteiger partial charge is 0.270 e. The number of aliphatic hydroxyl groups is 1. The van der Waals surface area contributed by atoms with E-state index in [1.165, 1.54) is 18.3 Å². The highest BCUT2D eigenvalue weighted by molar-refractivity contribution is 6.30. The van der Waals surface area contributed by atoms with Crippen LogP contribution in [0.1, 0.15) is 41.7 Å². The molecule has 30 heavy (non-hydrogen) atoms. The van der Waals surface area contributed by atoms with Crippen LogP contribution in [0.3, 0.4) is 0 Å². The van der Waals surface area contributed by atoms with Crippen LogP contribution in [-0.4, -0.2) is 39.6 Å². The molecule has 3 aliphatic rings. The number of aliphatic hydroxyl groups excluding tert-OH is 1. The third kappa shape index (κ3) is 4.11. The van der Waals surface area contributed by atoms with Crippen molar-refractivity contribution in [2.75, 3.05) is 6.61 Å². The third-order valence-electron chi connectivity index (χ3n) is 5.72. The molecule has 7 nitrogen and oxygen atoms in total. The Morgan fingerprint density at radius 2 is 1.90 bits per heavy atom. The first-order valence-corrected chi connectivity index (χ1v) is 9.97. The second-order valence-electron chi connectivity index (χ2n) is 7.99. The molecule has 0 radical (unpaired) electrons. The van der Waals surface area contributed by atoms with Crippen LogP contribution in [0.25, 0.3) is 0 Å². The second kappa shape index (κ2) is 7.85. The average Bonchev–Trinajstić information content (AvgIpc) is 3.23. The van der Waals surface area contributed by atoms with Gasteiger partial charge in [-0.1, -0.05) is 11.6 Å². The zero-order chi connectivity index (χ0) is 21.4. The van der Waals surface area contributed by atoms with Gasteiger partial charge in [0.1, 0.15) is 17.3 Å². The van der Waals surface area contributed by atoms with E-state index in [0.29, 0.717) is 18.4 Å². The molecule has 3 fully saturated rings. The van der Waals surface area contributed by atoms with Crippen molar-refractivity contribution in [1.29, 1.82) is 0 Å². The van der Waals surface area contributed by atoms with Gasteiger partial charge in [0.25, 0.3) is 11.8 Å². The molecule has 158 valence electrons. The normalized spacial score (nSPS) is 24.1. The van der Waals surface area contributed by atoms with E-state index in [9.17, 15) is 19.1 Å². The van der Waals surface area contributed by atoms with Crippen LogP contribution in [0.4, 0.5) is 4.39 Å². The van der Waals surface area contributed by atoms with Crippen LogP contribution in [0.2, 0.25) is 5.02 Å². The molecular formula is C21H21ClFN3O4. The molecule has 3 saturated carbocycles. The predicted octanol–water partition coefficient (Wildman–Crippen LogP) is 2.36. The number of hydrogen-bond acceptors (Lipinski definition) is 5. The fourth-order valence-corrected chi connectivity index (χ4v) is 4.54. The Balaban J connectivity index is 1.29. The van der Waals surface area contributed by atoms with E-state index in [-0.39, 0.29) is 52.6 Å². The minimum atomic E-state index is -0.609. The lowest BCUT2D eigenvalue weighted by Gasteiger charge is -2.48. The van der Waals surface area contributed by atoms with E-state index in [0.717, 1.165) is 18.9 Å². The van der Waals surface area contributed by atoms with E-state index in [4.69, 9.17) is 16.3 Å². The fourth-order valence-electron chi connectivity index (χ4n) is 4.43. The second-order valence-corrected chi connectivity index (χ2v) is 8.40. The number of hydrogen-bond donors (Lipinski definition) is 3. The standard InChI is InChI=1S/C21H21ClFN3O4/c22-15-2-1-14(8-16(15)23)30-10-18(28)25-20-4-5-21(11-20,12-20)26-19(29)17-7-13(9-27)3-6-24-17/h1-3,6-8,27H,4-5,9-12H2,(H,25,28)(H,26,29). The van der Waals surface area contributed by atoms with Crippen molar-refractivity contribution < 1.29 is 23.8 Å². The molecular weight excluding hydrogens is 413 g/mol. The lowest BCUT2D eigenvalue weighted by atomic mass is 9.71. The van der Waals surface area contributed by atoms with Gasteiger partial charge in [-0.3, -0.25) is 14.6 Å². The molecule has 2 bridgehead atoms. The van der Waals surface area contributed by atoms with Gasteiger partial charge in [0.15, 0.2) is 6.61 Å². The van der Waals surface area contributed by atoms with Gasteiger partial charge in [-0.2, -0.15) is 0 Å². The summed E-state index contributed by atoms with van der Waals surface area (Å²) in [5.41, 5.74) is 0.156. The highest BCUT2D eigenvalue weighted by atomic mass is 35.5. The Kier molecular flexibility index (Phi) is 5.38. The quantitative estimate of drug-likeness (QED) is 0.622. The van der Waals surface area contributed by atoms with Crippen molar-refractivity contribution in [1.82, 2.24) is 15.6 Å². The first-order chi connectivity index (χ1) is 14.3. The van der Waals surface area contributed by atoms with Crippen molar-refractivity contribution in [3.63, 3.8) is 0 Å². The number of benzene rings is 1. The Morgan fingerprint density at radius 3 is 2.60 bits per heavy atom. The largest absolute Gasteiger partial charge is 0.484 e. The fraction of sp³-hybridized carbons (Fsp3) is 0.381. The molecule has 0 aliphatic heterocycles. The minimum Gasteiger partial charge on any atom is -0.484 e. The summed E-state index contributed by atoms with van der Waals surface area (Å²) < 4.78 is 18.8. The number of pyridine rings is 1. The summed E-state index contributed by atoms with van der Waals surface area (Å²) in [7, 11) is 0. The summed E-state index contributed by atoms with van der Waals surface area (Å²) >= 11 is 5.63. The lowest BCUT2D eigenvalue weighted by molar-refractivity contribution is -0.126. The van der Waals surface area contributed by atoms with Crippen molar-refractivity contribution >= 4 is 23.4 Å². The zero-order valence-corrected chi connectivity index (χ0v) is 16.8. The van der Waals surface area contributed by atoms with E-state index < -0.39 is 5.82 Å². The molecule has 0 spiro atoms. The summed E-state index contributed by atoms with van der Waals surface area (Å²) in [4.78, 5) is 28.9. The number of carbonyl (C=O) groups excluding carboxylic acids is 2. The molecule has 5 rings (SSSR count). The SMILES string of the molecule is O=C(COc1ccc(Cl)c(F)c1)NC12CCC(NC(=O)c3cc(CO)ccn3)(C1)C2. The number of nitrogens with zero attached hydrogens (tertiary/aromatic N) is 1. The average molecular weight is 434 g/mol. The first-order valence-electron chi connectivity index (χ1n) is 9.59. The zero-order valence-electron chi connectivity index (χ0n) is 16.1. The highest BCUT2D eigenvalue weighted by Gasteiger charge is 2.62. The molecule has 2 aromatic rings. The number of aromatic nitrogens is 1. The number of rotatable bonds is 7. The van der Waals surface area contributed by atoms with Gasteiger partial charge < -0.3 is 20.5 Å². The molecule has 2 amide bonds. The van der Waals surface area contributed by atoms with Crippen LogP contribution >= 0.6 is 11.6 Å². The maximum Gasteiger partial charge on any atom is 0.270 e. The number of amides is 2.